The number of benzene rings is 1. The van der Waals surface area contributed by atoms with E-state index >= 15 is 0 Å². The number of alkyl halides is 3. The van der Waals surface area contributed by atoms with Crippen LogP contribution in [0.1, 0.15) is 16.1 Å². The van der Waals surface area contributed by atoms with Gasteiger partial charge < -0.3 is 15.4 Å². The van der Waals surface area contributed by atoms with Crippen LogP contribution in [-0.2, 0) is 6.18 Å². The Morgan fingerprint density at radius 1 is 1.14 bits per heavy atom. The number of ether oxygens (including phenoxy) is 1. The molecule has 0 unspecified atom stereocenters. The van der Waals surface area contributed by atoms with Crippen molar-refractivity contribution in [3.63, 3.8) is 0 Å². The van der Waals surface area contributed by atoms with Crippen molar-refractivity contribution in [1.82, 2.24) is 10.5 Å². The maximum atomic E-state index is 13.5. The van der Waals surface area contributed by atoms with E-state index in [9.17, 15) is 32.0 Å². The van der Waals surface area contributed by atoms with Crippen molar-refractivity contribution in [2.75, 3.05) is 0 Å². The number of carbonyl (C=O) groups excluding carboxylic acids is 1. The van der Waals surface area contributed by atoms with E-state index in [4.69, 9.17) is 4.74 Å². The third kappa shape index (κ3) is 4.82. The number of hydrogen-bond acceptors (Lipinski definition) is 4. The molecule has 3 heterocycles. The zero-order valence-corrected chi connectivity index (χ0v) is 14.2. The fraction of sp³-hybridized carbons (Fsp3) is 0.0556. The Morgan fingerprint density at radius 3 is 2.38 bits per heavy atom. The Labute approximate surface area is 159 Å². The van der Waals surface area contributed by atoms with Crippen LogP contribution in [0, 0.1) is 16.8 Å². The zero-order valence-electron chi connectivity index (χ0n) is 14.2. The van der Waals surface area contributed by atoms with Crippen molar-refractivity contribution in [3.05, 3.63) is 83.1 Å². The molecule has 0 radical (unpaired) electrons. The molecule has 1 aromatic carbocycles. The molecule has 150 valence electrons. The second kappa shape index (κ2) is 7.80. The summed E-state index contributed by atoms with van der Waals surface area (Å²) in [5, 5.41) is 10.4. The summed E-state index contributed by atoms with van der Waals surface area (Å²) in [6.07, 6.45) is -0.270. The monoisotopic (exact) mass is 411 g/mol. The van der Waals surface area contributed by atoms with Crippen LogP contribution in [-0.4, -0.2) is 10.9 Å². The third-order valence-corrected chi connectivity index (χ3v) is 3.62. The van der Waals surface area contributed by atoms with Gasteiger partial charge in [-0.2, -0.15) is 17.7 Å². The van der Waals surface area contributed by atoms with E-state index in [1.807, 2.05) is 12.3 Å². The summed E-state index contributed by atoms with van der Waals surface area (Å²) in [5.41, 5.74) is 0.227. The van der Waals surface area contributed by atoms with Crippen LogP contribution < -0.4 is 14.8 Å². The van der Waals surface area contributed by atoms with E-state index in [1.165, 1.54) is 5.69 Å². The first-order valence-electron chi connectivity index (χ1n) is 7.83. The Hall–Kier alpha value is -3.60. The van der Waals surface area contributed by atoms with E-state index in [0.717, 1.165) is 17.6 Å². The van der Waals surface area contributed by atoms with E-state index in [0.29, 0.717) is 18.3 Å². The lowest BCUT2D eigenvalue weighted by atomic mass is 10.2. The number of pyridine rings is 2. The molecule has 2 aliphatic heterocycles. The average molecular weight is 411 g/mol. The summed E-state index contributed by atoms with van der Waals surface area (Å²) >= 11 is 0. The minimum Gasteiger partial charge on any atom is -0.759 e. The van der Waals surface area contributed by atoms with Crippen LogP contribution in [0.4, 0.5) is 22.0 Å². The molecule has 0 atom stereocenters. The molecule has 2 aliphatic rings. The molecule has 29 heavy (non-hydrogen) atoms. The number of aromatic nitrogens is 2. The normalized spacial score (nSPS) is 11.2. The largest absolute Gasteiger partial charge is 0.759 e. The number of fused-ring (bicyclic) bond motifs is 1. The first-order valence-corrected chi connectivity index (χ1v) is 7.83. The van der Waals surface area contributed by atoms with Crippen LogP contribution in [0.2, 0.25) is 0 Å². The summed E-state index contributed by atoms with van der Waals surface area (Å²) in [6.45, 7) is 0. The van der Waals surface area contributed by atoms with Gasteiger partial charge in [0.05, 0.1) is 5.56 Å². The highest BCUT2D eigenvalue weighted by Gasteiger charge is 2.34. The second-order valence-corrected chi connectivity index (χ2v) is 5.64. The molecule has 0 spiro atoms. The molecule has 0 saturated carbocycles. The molecule has 1 N–H and O–H groups in total. The van der Waals surface area contributed by atoms with Crippen molar-refractivity contribution in [3.8, 4) is 17.2 Å². The van der Waals surface area contributed by atoms with Crippen LogP contribution in [0.15, 0.2) is 55.0 Å². The number of amides is 1. The van der Waals surface area contributed by atoms with Crippen molar-refractivity contribution >= 4 is 5.91 Å². The first kappa shape index (κ1) is 20.1. The van der Waals surface area contributed by atoms with Gasteiger partial charge in [0.25, 0.3) is 5.69 Å². The quantitative estimate of drug-likeness (QED) is 0.317. The Morgan fingerprint density at radius 2 is 1.90 bits per heavy atom. The lowest BCUT2D eigenvalue weighted by Gasteiger charge is -2.15. The second-order valence-electron chi connectivity index (χ2n) is 5.64. The number of halogens is 5. The van der Waals surface area contributed by atoms with E-state index in [-0.39, 0.29) is 0 Å². The van der Waals surface area contributed by atoms with Crippen LogP contribution in [0.3, 0.4) is 0 Å². The summed E-state index contributed by atoms with van der Waals surface area (Å²) < 4.78 is 71.2. The zero-order chi connectivity index (χ0) is 21.2. The SMILES string of the molecule is O=C(N[O-])c1cnc(C(F)(F)F)cc1Oc1ccc(F)cc1F.c1cc2c[n+]-2c1. The standard InChI is InChI=1S/C13H6F5N2O3.C5H4N/c14-6-1-2-9(8(15)3-6)23-10-4-11(13(16,17)18)19-5-7(10)12(21)20-22;1-2-5-4-6(5)3-1/h1-5H,(H-,20,21,22);1-4H/q-1;+1. The fourth-order valence-corrected chi connectivity index (χ4v) is 2.18. The van der Waals surface area contributed by atoms with Crippen LogP contribution >= 0.6 is 0 Å². The highest BCUT2D eigenvalue weighted by Crippen LogP contribution is 2.34. The summed E-state index contributed by atoms with van der Waals surface area (Å²) in [4.78, 5) is 14.3. The van der Waals surface area contributed by atoms with E-state index in [1.54, 1.807) is 0 Å². The number of nitrogens with one attached hydrogen (secondary N) is 1. The van der Waals surface area contributed by atoms with Gasteiger partial charge in [-0.05, 0) is 12.1 Å². The average Bonchev–Trinajstić information content (AvgIpc) is 3.28. The smallest absolute Gasteiger partial charge is 0.433 e. The van der Waals surface area contributed by atoms with Gasteiger partial charge in [0.15, 0.2) is 17.8 Å². The van der Waals surface area contributed by atoms with Crippen molar-refractivity contribution in [2.45, 2.75) is 6.18 Å². The van der Waals surface area contributed by atoms with Gasteiger partial charge >= 0.3 is 6.18 Å². The molecular weight excluding hydrogens is 401 g/mol. The number of carbonyl (C=O) groups is 1. The van der Waals surface area contributed by atoms with Gasteiger partial charge in [0, 0.05) is 30.5 Å². The fourth-order valence-electron chi connectivity index (χ4n) is 2.18. The predicted molar refractivity (Wildman–Crippen MR) is 88.0 cm³/mol. The van der Waals surface area contributed by atoms with Gasteiger partial charge in [-0.3, -0.25) is 9.78 Å². The van der Waals surface area contributed by atoms with Gasteiger partial charge in [0.1, 0.15) is 17.3 Å². The predicted octanol–water partition coefficient (Wildman–Crippen LogP) is 3.68. The summed E-state index contributed by atoms with van der Waals surface area (Å²) in [5.74, 6) is -4.86. The molecule has 0 fully saturated rings. The molecule has 1 aromatic heterocycles. The maximum absolute atomic E-state index is 13.5. The van der Waals surface area contributed by atoms with Gasteiger partial charge in [0.2, 0.25) is 12.1 Å². The maximum Gasteiger partial charge on any atom is 0.433 e. The Kier molecular flexibility index (Phi) is 5.41. The number of hydrogen-bond donors (Lipinski definition) is 1. The highest BCUT2D eigenvalue weighted by molar-refractivity contribution is 5.96. The molecule has 0 aliphatic carbocycles. The van der Waals surface area contributed by atoms with Crippen molar-refractivity contribution in [1.29, 1.82) is 0 Å². The number of nitrogens with zero attached hydrogens (tertiary/aromatic N) is 2. The summed E-state index contributed by atoms with van der Waals surface area (Å²) in [6, 6.07) is 6.51. The molecule has 6 nitrogen and oxygen atoms in total. The van der Waals surface area contributed by atoms with E-state index in [2.05, 4.69) is 21.8 Å². The van der Waals surface area contributed by atoms with E-state index < -0.39 is 46.5 Å². The van der Waals surface area contributed by atoms with Gasteiger partial charge in [-0.1, -0.05) is 0 Å². The Balaban J connectivity index is 0.000000334. The van der Waals surface area contributed by atoms with Gasteiger partial charge in [-0.15, -0.1) is 0 Å². The Bertz CT molecular complexity index is 1060. The third-order valence-electron chi connectivity index (χ3n) is 3.62. The molecule has 0 bridgehead atoms. The summed E-state index contributed by atoms with van der Waals surface area (Å²) in [7, 11) is 0. The minimum absolute atomic E-state index is 0.327. The lowest BCUT2D eigenvalue weighted by molar-refractivity contribution is -0.518. The van der Waals surface area contributed by atoms with Crippen molar-refractivity contribution in [2.24, 2.45) is 0 Å². The number of hydroxylamine groups is 1. The highest BCUT2D eigenvalue weighted by atomic mass is 19.4. The van der Waals surface area contributed by atoms with Gasteiger partial charge in [-0.25, -0.2) is 8.78 Å². The molecule has 4 rings (SSSR count). The van der Waals surface area contributed by atoms with Crippen LogP contribution in [0.25, 0.3) is 5.69 Å². The molecule has 11 heteroatoms. The first-order chi connectivity index (χ1) is 13.7. The lowest BCUT2D eigenvalue weighted by Crippen LogP contribution is -2.18. The molecule has 0 saturated heterocycles. The molecular formula is C18H10F5N3O3. The van der Waals surface area contributed by atoms with Crippen LogP contribution in [0.5, 0.6) is 11.5 Å². The van der Waals surface area contributed by atoms with Crippen molar-refractivity contribution < 1.29 is 36.1 Å². The molecule has 2 aromatic rings. The topological polar surface area (TPSA) is 78.2 Å². The molecule has 1 amide bonds. The minimum atomic E-state index is -4.86. The number of rotatable bonds is 3.